The molecule has 1 aromatic heterocycles. The Hall–Kier alpha value is -1.66. The molecule has 0 aliphatic carbocycles. The highest BCUT2D eigenvalue weighted by Gasteiger charge is 2.20. The lowest BCUT2D eigenvalue weighted by atomic mass is 10.1. The van der Waals surface area contributed by atoms with Gasteiger partial charge in [0.1, 0.15) is 4.88 Å². The largest absolute Gasteiger partial charge is 0.465 e. The molecule has 1 aromatic carbocycles. The van der Waals surface area contributed by atoms with Gasteiger partial charge in [0.25, 0.3) is 5.91 Å². The second kappa shape index (κ2) is 6.41. The maximum absolute atomic E-state index is 12.4. The number of rotatable bonds is 3. The number of methoxy groups -OCH3 is 1. The van der Waals surface area contributed by atoms with Gasteiger partial charge in [-0.1, -0.05) is 12.1 Å². The number of benzene rings is 1. The fourth-order valence-electron chi connectivity index (χ4n) is 1.85. The Morgan fingerprint density at radius 2 is 1.95 bits per heavy atom. The average Bonchev–Trinajstić information content (AvgIpc) is 2.82. The number of amides is 1. The number of thiophene rings is 1. The van der Waals surface area contributed by atoms with E-state index >= 15 is 0 Å². The highest BCUT2D eigenvalue weighted by Crippen LogP contribution is 2.30. The Balaban J connectivity index is 2.34. The summed E-state index contributed by atoms with van der Waals surface area (Å²) in [6.07, 6.45) is 0. The normalized spacial score (nSPS) is 10.3. The molecule has 0 unspecified atom stereocenters. The minimum atomic E-state index is -0.452. The summed E-state index contributed by atoms with van der Waals surface area (Å²) in [6, 6.07) is 5.46. The minimum absolute atomic E-state index is 0.266. The number of carbonyl (C=O) groups is 2. The van der Waals surface area contributed by atoms with Crippen LogP contribution in [0, 0.1) is 13.8 Å². The lowest BCUT2D eigenvalue weighted by Gasteiger charge is -2.10. The zero-order chi connectivity index (χ0) is 15.6. The van der Waals surface area contributed by atoms with E-state index in [0.717, 1.165) is 15.6 Å². The van der Waals surface area contributed by atoms with Crippen LogP contribution in [0.15, 0.2) is 28.1 Å². The van der Waals surface area contributed by atoms with Crippen molar-refractivity contribution in [3.05, 3.63) is 49.6 Å². The molecule has 21 heavy (non-hydrogen) atoms. The average molecular weight is 368 g/mol. The van der Waals surface area contributed by atoms with Gasteiger partial charge in [0, 0.05) is 4.47 Å². The summed E-state index contributed by atoms with van der Waals surface area (Å²) in [6.45, 7) is 3.75. The fourth-order valence-corrected chi connectivity index (χ4v) is 3.21. The molecule has 0 saturated carbocycles. The predicted molar refractivity (Wildman–Crippen MR) is 87.2 cm³/mol. The van der Waals surface area contributed by atoms with E-state index in [-0.39, 0.29) is 5.91 Å². The molecule has 0 spiro atoms. The Bertz CT molecular complexity index is 709. The van der Waals surface area contributed by atoms with Gasteiger partial charge in [-0.15, -0.1) is 11.3 Å². The molecule has 0 aliphatic rings. The van der Waals surface area contributed by atoms with Gasteiger partial charge < -0.3 is 10.1 Å². The van der Waals surface area contributed by atoms with E-state index in [1.165, 1.54) is 18.4 Å². The molecular weight excluding hydrogens is 354 g/mol. The maximum atomic E-state index is 12.4. The number of halogens is 1. The van der Waals surface area contributed by atoms with Crippen molar-refractivity contribution >= 4 is 44.8 Å². The zero-order valence-electron chi connectivity index (χ0n) is 11.8. The number of carbonyl (C=O) groups excluding carboxylic acids is 2. The van der Waals surface area contributed by atoms with Gasteiger partial charge in [0.05, 0.1) is 18.4 Å². The standard InChI is InChI=1S/C15H14BrNO3S/c1-8-5-4-6-10(11(8)16)14(18)17-12-9(2)7-21-13(12)15(19)20-3/h4-7H,1-3H3,(H,17,18). The van der Waals surface area contributed by atoms with E-state index in [1.807, 2.05) is 31.4 Å². The third-order valence-corrected chi connectivity index (χ3v) is 5.15. The van der Waals surface area contributed by atoms with Crippen molar-refractivity contribution in [2.45, 2.75) is 13.8 Å². The minimum Gasteiger partial charge on any atom is -0.465 e. The van der Waals surface area contributed by atoms with Crippen molar-refractivity contribution in [1.82, 2.24) is 0 Å². The smallest absolute Gasteiger partial charge is 0.350 e. The Morgan fingerprint density at radius 1 is 1.24 bits per heavy atom. The number of hydrogen-bond acceptors (Lipinski definition) is 4. The van der Waals surface area contributed by atoms with Crippen LogP contribution in [-0.4, -0.2) is 19.0 Å². The zero-order valence-corrected chi connectivity index (χ0v) is 14.2. The highest BCUT2D eigenvalue weighted by atomic mass is 79.9. The quantitative estimate of drug-likeness (QED) is 0.828. The molecule has 1 N–H and O–H groups in total. The maximum Gasteiger partial charge on any atom is 0.350 e. The lowest BCUT2D eigenvalue weighted by Crippen LogP contribution is -2.15. The summed E-state index contributed by atoms with van der Waals surface area (Å²) in [5.41, 5.74) is 2.83. The number of hydrogen-bond donors (Lipinski definition) is 1. The molecule has 2 aromatic rings. The van der Waals surface area contributed by atoms with Crippen molar-refractivity contribution < 1.29 is 14.3 Å². The van der Waals surface area contributed by atoms with Crippen LogP contribution in [0.5, 0.6) is 0 Å². The molecule has 0 fully saturated rings. The van der Waals surface area contributed by atoms with Gasteiger partial charge in [-0.05, 0) is 52.4 Å². The van der Waals surface area contributed by atoms with E-state index in [0.29, 0.717) is 16.1 Å². The SMILES string of the molecule is COC(=O)c1scc(C)c1NC(=O)c1cccc(C)c1Br. The molecule has 110 valence electrons. The lowest BCUT2D eigenvalue weighted by molar-refractivity contribution is 0.0607. The van der Waals surface area contributed by atoms with Crippen molar-refractivity contribution in [2.75, 3.05) is 12.4 Å². The van der Waals surface area contributed by atoms with Crippen LogP contribution in [0.25, 0.3) is 0 Å². The van der Waals surface area contributed by atoms with Gasteiger partial charge in [0.15, 0.2) is 0 Å². The third kappa shape index (κ3) is 3.16. The molecule has 1 heterocycles. The van der Waals surface area contributed by atoms with E-state index in [2.05, 4.69) is 21.2 Å². The van der Waals surface area contributed by atoms with E-state index in [9.17, 15) is 9.59 Å². The number of anilines is 1. The van der Waals surface area contributed by atoms with Gasteiger partial charge in [-0.25, -0.2) is 4.79 Å². The van der Waals surface area contributed by atoms with Gasteiger partial charge in [-0.3, -0.25) is 4.79 Å². The monoisotopic (exact) mass is 367 g/mol. The second-order valence-electron chi connectivity index (χ2n) is 4.50. The third-order valence-electron chi connectivity index (χ3n) is 3.02. The number of aryl methyl sites for hydroxylation is 2. The second-order valence-corrected chi connectivity index (χ2v) is 6.18. The molecule has 6 heteroatoms. The van der Waals surface area contributed by atoms with Crippen LogP contribution < -0.4 is 5.32 Å². The van der Waals surface area contributed by atoms with Crippen molar-refractivity contribution in [3.63, 3.8) is 0 Å². The molecule has 0 radical (unpaired) electrons. The molecule has 4 nitrogen and oxygen atoms in total. The number of nitrogens with one attached hydrogen (secondary N) is 1. The summed E-state index contributed by atoms with van der Waals surface area (Å²) in [4.78, 5) is 24.5. The van der Waals surface area contributed by atoms with Gasteiger partial charge >= 0.3 is 5.97 Å². The number of esters is 1. The van der Waals surface area contributed by atoms with E-state index in [1.54, 1.807) is 6.07 Å². The van der Waals surface area contributed by atoms with Gasteiger partial charge in [-0.2, -0.15) is 0 Å². The fraction of sp³-hybridized carbons (Fsp3) is 0.200. The molecule has 0 bridgehead atoms. The molecule has 0 aliphatic heterocycles. The Labute approximate surface area is 135 Å². The first-order valence-corrected chi connectivity index (χ1v) is 7.85. The Kier molecular flexibility index (Phi) is 4.80. The van der Waals surface area contributed by atoms with Crippen LogP contribution >= 0.6 is 27.3 Å². The summed E-state index contributed by atoms with van der Waals surface area (Å²) in [5.74, 6) is -0.719. The van der Waals surface area contributed by atoms with Crippen LogP contribution in [0.4, 0.5) is 5.69 Å². The topological polar surface area (TPSA) is 55.4 Å². The van der Waals surface area contributed by atoms with Crippen molar-refractivity contribution in [2.24, 2.45) is 0 Å². The van der Waals surface area contributed by atoms with Crippen molar-refractivity contribution in [1.29, 1.82) is 0 Å². The van der Waals surface area contributed by atoms with Crippen LogP contribution in [-0.2, 0) is 4.74 Å². The summed E-state index contributed by atoms with van der Waals surface area (Å²) < 4.78 is 5.48. The molecular formula is C15H14BrNO3S. The van der Waals surface area contributed by atoms with Crippen LogP contribution in [0.1, 0.15) is 31.2 Å². The predicted octanol–water partition coefficient (Wildman–Crippen LogP) is 4.17. The first-order chi connectivity index (χ1) is 9.95. The first-order valence-electron chi connectivity index (χ1n) is 6.18. The number of ether oxygens (including phenoxy) is 1. The van der Waals surface area contributed by atoms with E-state index in [4.69, 9.17) is 4.74 Å². The van der Waals surface area contributed by atoms with Crippen molar-refractivity contribution in [3.8, 4) is 0 Å². The van der Waals surface area contributed by atoms with Crippen LogP contribution in [0.2, 0.25) is 0 Å². The summed E-state index contributed by atoms with van der Waals surface area (Å²) in [5, 5.41) is 4.61. The molecule has 2 rings (SSSR count). The first kappa shape index (κ1) is 15.7. The highest BCUT2D eigenvalue weighted by molar-refractivity contribution is 9.10. The summed E-state index contributed by atoms with van der Waals surface area (Å²) >= 11 is 4.67. The summed E-state index contributed by atoms with van der Waals surface area (Å²) in [7, 11) is 1.32. The Morgan fingerprint density at radius 3 is 2.62 bits per heavy atom. The molecule has 0 atom stereocenters. The van der Waals surface area contributed by atoms with Crippen LogP contribution in [0.3, 0.4) is 0 Å². The van der Waals surface area contributed by atoms with E-state index < -0.39 is 5.97 Å². The molecule has 0 saturated heterocycles. The van der Waals surface area contributed by atoms with Gasteiger partial charge in [0.2, 0.25) is 0 Å². The molecule has 1 amide bonds.